The minimum atomic E-state index is 0.468. The molecule has 102 valence electrons. The topological polar surface area (TPSA) is 64.9 Å². The van der Waals surface area contributed by atoms with Gasteiger partial charge in [-0.05, 0) is 30.7 Å². The van der Waals surface area contributed by atoms with Crippen LogP contribution >= 0.6 is 22.9 Å². The van der Waals surface area contributed by atoms with E-state index in [9.17, 15) is 0 Å². The van der Waals surface area contributed by atoms with E-state index in [1.807, 2.05) is 37.3 Å². The molecular formula is C14H12ClN3OS. The molecule has 0 aliphatic heterocycles. The van der Waals surface area contributed by atoms with Gasteiger partial charge in [0, 0.05) is 16.3 Å². The zero-order valence-corrected chi connectivity index (χ0v) is 12.3. The van der Waals surface area contributed by atoms with Gasteiger partial charge in [-0.2, -0.15) is 4.98 Å². The molecule has 2 heterocycles. The summed E-state index contributed by atoms with van der Waals surface area (Å²) in [5.74, 6) is 1.10. The second-order valence-electron chi connectivity index (χ2n) is 4.45. The van der Waals surface area contributed by atoms with Crippen molar-refractivity contribution in [2.75, 3.05) is 5.73 Å². The van der Waals surface area contributed by atoms with Crippen molar-refractivity contribution in [2.24, 2.45) is 0 Å². The van der Waals surface area contributed by atoms with E-state index in [4.69, 9.17) is 21.9 Å². The van der Waals surface area contributed by atoms with Gasteiger partial charge in [-0.15, -0.1) is 11.3 Å². The van der Waals surface area contributed by atoms with Crippen LogP contribution in [0.25, 0.3) is 11.5 Å². The summed E-state index contributed by atoms with van der Waals surface area (Å²) in [6.07, 6.45) is 0.601. The van der Waals surface area contributed by atoms with Crippen LogP contribution in [0.5, 0.6) is 0 Å². The summed E-state index contributed by atoms with van der Waals surface area (Å²) in [6, 6.07) is 9.54. The molecule has 4 nitrogen and oxygen atoms in total. The van der Waals surface area contributed by atoms with E-state index >= 15 is 0 Å². The maximum atomic E-state index is 5.93. The third kappa shape index (κ3) is 2.69. The molecule has 0 atom stereocenters. The van der Waals surface area contributed by atoms with E-state index in [0.29, 0.717) is 28.2 Å². The SMILES string of the molecule is Cc1cc(-c2nc(Cc3ccc(Cl)cc3)no2)c(N)s1. The van der Waals surface area contributed by atoms with Crippen LogP contribution in [0.4, 0.5) is 5.00 Å². The monoisotopic (exact) mass is 305 g/mol. The summed E-state index contributed by atoms with van der Waals surface area (Å²) < 4.78 is 5.28. The standard InChI is InChI=1S/C14H12ClN3OS/c1-8-6-11(13(16)20-8)14-17-12(18-19-14)7-9-2-4-10(15)5-3-9/h2-6H,7,16H2,1H3. The molecule has 0 unspecified atom stereocenters. The van der Waals surface area contributed by atoms with E-state index < -0.39 is 0 Å². The van der Waals surface area contributed by atoms with Crippen LogP contribution in [-0.2, 0) is 6.42 Å². The highest BCUT2D eigenvalue weighted by molar-refractivity contribution is 7.16. The summed E-state index contributed by atoms with van der Waals surface area (Å²) in [5, 5.41) is 5.40. The van der Waals surface area contributed by atoms with E-state index in [2.05, 4.69) is 10.1 Å². The van der Waals surface area contributed by atoms with Gasteiger partial charge >= 0.3 is 0 Å². The highest BCUT2D eigenvalue weighted by Crippen LogP contribution is 2.32. The van der Waals surface area contributed by atoms with Gasteiger partial charge in [-0.3, -0.25) is 0 Å². The van der Waals surface area contributed by atoms with Crippen LogP contribution in [0.1, 0.15) is 16.3 Å². The Bertz CT molecular complexity index is 733. The molecule has 20 heavy (non-hydrogen) atoms. The molecule has 3 aromatic rings. The average molecular weight is 306 g/mol. The van der Waals surface area contributed by atoms with Crippen molar-refractivity contribution in [3.05, 3.63) is 51.6 Å². The first kappa shape index (κ1) is 13.1. The van der Waals surface area contributed by atoms with Gasteiger partial charge < -0.3 is 10.3 Å². The first-order valence-corrected chi connectivity index (χ1v) is 7.24. The Morgan fingerprint density at radius 3 is 2.70 bits per heavy atom. The number of hydrogen-bond acceptors (Lipinski definition) is 5. The second-order valence-corrected chi connectivity index (χ2v) is 6.18. The van der Waals surface area contributed by atoms with Gasteiger partial charge in [0.15, 0.2) is 5.82 Å². The van der Waals surface area contributed by atoms with Gasteiger partial charge in [0.25, 0.3) is 5.89 Å². The zero-order valence-electron chi connectivity index (χ0n) is 10.8. The van der Waals surface area contributed by atoms with Crippen LogP contribution in [0.15, 0.2) is 34.9 Å². The molecule has 3 rings (SSSR count). The van der Waals surface area contributed by atoms with E-state index in [-0.39, 0.29) is 0 Å². The van der Waals surface area contributed by atoms with Crippen LogP contribution in [-0.4, -0.2) is 10.1 Å². The largest absolute Gasteiger partial charge is 0.390 e. The van der Waals surface area contributed by atoms with Gasteiger partial charge in [0.2, 0.25) is 0 Å². The van der Waals surface area contributed by atoms with Crippen molar-refractivity contribution in [1.29, 1.82) is 0 Å². The third-order valence-corrected chi connectivity index (χ3v) is 3.99. The molecule has 0 bridgehead atoms. The Morgan fingerprint density at radius 1 is 1.30 bits per heavy atom. The number of thiophene rings is 1. The molecule has 0 amide bonds. The molecule has 0 spiro atoms. The lowest BCUT2D eigenvalue weighted by Crippen LogP contribution is -1.90. The number of aromatic nitrogens is 2. The number of halogens is 1. The second kappa shape index (κ2) is 5.26. The number of nitrogens with zero attached hydrogens (tertiary/aromatic N) is 2. The lowest BCUT2D eigenvalue weighted by Gasteiger charge is -1.96. The Kier molecular flexibility index (Phi) is 3.46. The normalized spacial score (nSPS) is 10.9. The molecule has 0 fully saturated rings. The van der Waals surface area contributed by atoms with Crippen molar-refractivity contribution in [2.45, 2.75) is 13.3 Å². The van der Waals surface area contributed by atoms with Gasteiger partial charge in [0.1, 0.15) is 0 Å². The fourth-order valence-electron chi connectivity index (χ4n) is 1.92. The van der Waals surface area contributed by atoms with Crippen LogP contribution in [0, 0.1) is 6.92 Å². The molecule has 0 saturated carbocycles. The Balaban J connectivity index is 1.83. The third-order valence-electron chi connectivity index (χ3n) is 2.86. The number of nitrogen functional groups attached to an aromatic ring is 1. The summed E-state index contributed by atoms with van der Waals surface area (Å²) >= 11 is 7.37. The molecule has 0 aliphatic rings. The fraction of sp³-hybridized carbons (Fsp3) is 0.143. The number of anilines is 1. The maximum absolute atomic E-state index is 5.93. The molecule has 0 aliphatic carbocycles. The molecule has 6 heteroatoms. The Hall–Kier alpha value is -1.85. The summed E-state index contributed by atoms with van der Waals surface area (Å²) in [4.78, 5) is 5.51. The number of nitrogens with two attached hydrogens (primary N) is 1. The maximum Gasteiger partial charge on any atom is 0.260 e. The van der Waals surface area contributed by atoms with Crippen molar-refractivity contribution in [1.82, 2.24) is 10.1 Å². The van der Waals surface area contributed by atoms with Crippen molar-refractivity contribution in [3.8, 4) is 11.5 Å². The molecule has 2 aromatic heterocycles. The summed E-state index contributed by atoms with van der Waals surface area (Å²) in [7, 11) is 0. The van der Waals surface area contributed by atoms with Crippen molar-refractivity contribution in [3.63, 3.8) is 0 Å². The van der Waals surface area contributed by atoms with E-state index in [1.54, 1.807) is 0 Å². The average Bonchev–Trinajstić information content (AvgIpc) is 2.99. The smallest absolute Gasteiger partial charge is 0.260 e. The van der Waals surface area contributed by atoms with Crippen LogP contribution < -0.4 is 5.73 Å². The van der Waals surface area contributed by atoms with Gasteiger partial charge in [-0.1, -0.05) is 28.9 Å². The summed E-state index contributed by atoms with van der Waals surface area (Å²) in [6.45, 7) is 2.00. The Labute approximate surface area is 125 Å². The van der Waals surface area contributed by atoms with E-state index in [1.165, 1.54) is 11.3 Å². The van der Waals surface area contributed by atoms with Gasteiger partial charge in [0.05, 0.1) is 10.6 Å². The van der Waals surface area contributed by atoms with E-state index in [0.717, 1.165) is 16.0 Å². The molecular weight excluding hydrogens is 294 g/mol. The molecule has 0 radical (unpaired) electrons. The van der Waals surface area contributed by atoms with Crippen LogP contribution in [0.3, 0.4) is 0 Å². The predicted octanol–water partition coefficient (Wildman–Crippen LogP) is 3.93. The van der Waals surface area contributed by atoms with Crippen molar-refractivity contribution >= 4 is 27.9 Å². The fourth-order valence-corrected chi connectivity index (χ4v) is 2.83. The molecule has 1 aromatic carbocycles. The highest BCUT2D eigenvalue weighted by Gasteiger charge is 2.14. The minimum Gasteiger partial charge on any atom is -0.390 e. The molecule has 0 saturated heterocycles. The quantitative estimate of drug-likeness (QED) is 0.796. The minimum absolute atomic E-state index is 0.468. The number of rotatable bonds is 3. The Morgan fingerprint density at radius 2 is 2.05 bits per heavy atom. The predicted molar refractivity (Wildman–Crippen MR) is 81.0 cm³/mol. The number of hydrogen-bond donors (Lipinski definition) is 1. The highest BCUT2D eigenvalue weighted by atomic mass is 35.5. The van der Waals surface area contributed by atoms with Crippen LogP contribution in [0.2, 0.25) is 5.02 Å². The first-order chi connectivity index (χ1) is 9.61. The number of benzene rings is 1. The van der Waals surface area contributed by atoms with Crippen molar-refractivity contribution < 1.29 is 4.52 Å². The lowest BCUT2D eigenvalue weighted by atomic mass is 10.1. The zero-order chi connectivity index (χ0) is 14.1. The van der Waals surface area contributed by atoms with Gasteiger partial charge in [-0.25, -0.2) is 0 Å². The number of aryl methyl sites for hydroxylation is 1. The summed E-state index contributed by atoms with van der Waals surface area (Å²) in [5.41, 5.74) is 7.82. The molecule has 2 N–H and O–H groups in total. The lowest BCUT2D eigenvalue weighted by molar-refractivity contribution is 0.424. The first-order valence-electron chi connectivity index (χ1n) is 6.05.